The van der Waals surface area contributed by atoms with E-state index in [2.05, 4.69) is 30.5 Å². The lowest BCUT2D eigenvalue weighted by Gasteiger charge is -2.11. The van der Waals surface area contributed by atoms with Gasteiger partial charge in [-0.3, -0.25) is 10.4 Å². The third-order valence-corrected chi connectivity index (χ3v) is 3.11. The molecule has 0 saturated carbocycles. The van der Waals surface area contributed by atoms with Crippen molar-refractivity contribution in [3.8, 4) is 0 Å². The summed E-state index contributed by atoms with van der Waals surface area (Å²) in [6, 6.07) is 7.93. The first-order chi connectivity index (χ1) is 10.6. The van der Waals surface area contributed by atoms with Gasteiger partial charge in [-0.25, -0.2) is 9.78 Å². The molecule has 0 aliphatic heterocycles. The van der Waals surface area contributed by atoms with Gasteiger partial charge < -0.3 is 9.88 Å². The van der Waals surface area contributed by atoms with Crippen LogP contribution in [0, 0.1) is 0 Å². The van der Waals surface area contributed by atoms with Gasteiger partial charge in [0.2, 0.25) is 0 Å². The molecule has 0 spiro atoms. The van der Waals surface area contributed by atoms with E-state index in [4.69, 9.17) is 0 Å². The maximum atomic E-state index is 11.4. The Labute approximate surface area is 125 Å². The molecule has 3 N–H and O–H groups in total. The summed E-state index contributed by atoms with van der Waals surface area (Å²) in [6.07, 6.45) is 3.14. The number of imidazole rings is 1. The van der Waals surface area contributed by atoms with Crippen molar-refractivity contribution in [2.24, 2.45) is 5.10 Å². The second kappa shape index (κ2) is 5.68. The Kier molecular flexibility index (Phi) is 3.57. The average molecular weight is 297 g/mol. The third-order valence-electron chi connectivity index (χ3n) is 3.11. The molecule has 0 unspecified atom stereocenters. The highest BCUT2D eigenvalue weighted by Crippen LogP contribution is 2.13. The molecule has 0 fully saturated rings. The van der Waals surface area contributed by atoms with Crippen molar-refractivity contribution in [3.05, 3.63) is 46.6 Å². The fraction of sp³-hybridized carbons (Fsp3) is 0.143. The monoisotopic (exact) mass is 297 g/mol. The van der Waals surface area contributed by atoms with E-state index in [1.807, 2.05) is 43.3 Å². The van der Waals surface area contributed by atoms with Gasteiger partial charge in [-0.2, -0.15) is 10.1 Å². The van der Waals surface area contributed by atoms with Crippen LogP contribution in [0.3, 0.4) is 0 Å². The molecule has 8 heteroatoms. The number of nitrogens with one attached hydrogen (secondary N) is 3. The topological polar surface area (TPSA) is 102 Å². The average Bonchev–Trinajstić information content (AvgIpc) is 2.96. The lowest BCUT2D eigenvalue weighted by atomic mass is 10.2. The zero-order valence-electron chi connectivity index (χ0n) is 12.2. The number of anilines is 2. The van der Waals surface area contributed by atoms with Crippen LogP contribution in [0.2, 0.25) is 0 Å². The highest BCUT2D eigenvalue weighted by Gasteiger charge is 2.05. The van der Waals surface area contributed by atoms with Gasteiger partial charge in [0, 0.05) is 19.8 Å². The number of fused-ring (bicyclic) bond motifs is 1. The molecule has 22 heavy (non-hydrogen) atoms. The first kappa shape index (κ1) is 13.8. The fourth-order valence-electron chi connectivity index (χ4n) is 1.96. The number of rotatable bonds is 4. The number of nitrogens with zero attached hydrogens (tertiary/aromatic N) is 4. The molecular weight excluding hydrogens is 282 g/mol. The largest absolute Gasteiger partial charge is 0.378 e. The lowest BCUT2D eigenvalue weighted by Crippen LogP contribution is -2.12. The Hall–Kier alpha value is -3.16. The van der Waals surface area contributed by atoms with E-state index < -0.39 is 5.69 Å². The smallest absolute Gasteiger partial charge is 0.348 e. The number of aromatic amines is 2. The zero-order valence-corrected chi connectivity index (χ0v) is 12.2. The second-order valence-electron chi connectivity index (χ2n) is 4.87. The van der Waals surface area contributed by atoms with Gasteiger partial charge in [0.25, 0.3) is 0 Å². The summed E-state index contributed by atoms with van der Waals surface area (Å²) in [7, 11) is 3.97. The quantitative estimate of drug-likeness (QED) is 0.495. The van der Waals surface area contributed by atoms with Crippen molar-refractivity contribution in [2.75, 3.05) is 24.4 Å². The van der Waals surface area contributed by atoms with Crippen LogP contribution in [0.1, 0.15) is 5.56 Å². The van der Waals surface area contributed by atoms with Gasteiger partial charge in [-0.15, -0.1) is 0 Å². The number of hydrogen-bond donors (Lipinski definition) is 3. The van der Waals surface area contributed by atoms with E-state index in [1.165, 1.54) is 6.33 Å². The Morgan fingerprint density at radius 1 is 1.27 bits per heavy atom. The molecule has 0 aliphatic carbocycles. The zero-order chi connectivity index (χ0) is 15.5. The van der Waals surface area contributed by atoms with Gasteiger partial charge in [-0.05, 0) is 17.7 Å². The molecule has 2 heterocycles. The van der Waals surface area contributed by atoms with E-state index in [-0.39, 0.29) is 0 Å². The lowest BCUT2D eigenvalue weighted by molar-refractivity contribution is 1.09. The minimum absolute atomic E-state index is 0.344. The van der Waals surface area contributed by atoms with Crippen LogP contribution in [-0.4, -0.2) is 40.2 Å². The van der Waals surface area contributed by atoms with Crippen molar-refractivity contribution < 1.29 is 0 Å². The summed E-state index contributed by atoms with van der Waals surface area (Å²) in [6.45, 7) is 0. The highest BCUT2D eigenvalue weighted by molar-refractivity contribution is 5.84. The van der Waals surface area contributed by atoms with Gasteiger partial charge in [-0.1, -0.05) is 12.1 Å². The van der Waals surface area contributed by atoms with Crippen molar-refractivity contribution in [2.45, 2.75) is 0 Å². The Morgan fingerprint density at radius 3 is 2.77 bits per heavy atom. The van der Waals surface area contributed by atoms with Crippen molar-refractivity contribution in [3.63, 3.8) is 0 Å². The van der Waals surface area contributed by atoms with E-state index in [9.17, 15) is 4.79 Å². The van der Waals surface area contributed by atoms with Crippen LogP contribution >= 0.6 is 0 Å². The van der Waals surface area contributed by atoms with Gasteiger partial charge in [0.15, 0.2) is 11.5 Å². The molecule has 3 rings (SSSR count). The molecule has 1 aromatic carbocycles. The minimum Gasteiger partial charge on any atom is -0.378 e. The van der Waals surface area contributed by atoms with Gasteiger partial charge in [0.05, 0.1) is 12.5 Å². The van der Waals surface area contributed by atoms with Crippen molar-refractivity contribution in [1.29, 1.82) is 0 Å². The molecule has 8 nitrogen and oxygen atoms in total. The van der Waals surface area contributed by atoms with Gasteiger partial charge >= 0.3 is 5.69 Å². The number of hydrogen-bond acceptors (Lipinski definition) is 6. The van der Waals surface area contributed by atoms with E-state index >= 15 is 0 Å². The molecule has 0 atom stereocenters. The number of hydrazone groups is 1. The maximum absolute atomic E-state index is 11.4. The van der Waals surface area contributed by atoms with E-state index in [0.29, 0.717) is 17.0 Å². The Bertz CT molecular complexity index is 861. The van der Waals surface area contributed by atoms with Crippen LogP contribution in [0.15, 0.2) is 40.5 Å². The molecule has 0 saturated heterocycles. The second-order valence-corrected chi connectivity index (χ2v) is 4.87. The molecule has 3 aromatic rings. The first-order valence-corrected chi connectivity index (χ1v) is 6.63. The summed E-state index contributed by atoms with van der Waals surface area (Å²) in [4.78, 5) is 26.6. The standard InChI is InChI=1S/C14H15N7O/c1-21(2)10-5-3-9(4-6-10)7-17-20-13-11-12(16-8-15-11)18-14(22)19-13/h3-8H,1-2H3,(H3,15,16,18,19,20,22)/b17-7+. The molecule has 0 bridgehead atoms. The maximum Gasteiger partial charge on any atom is 0.348 e. The van der Waals surface area contributed by atoms with Crippen molar-refractivity contribution >= 4 is 28.9 Å². The first-order valence-electron chi connectivity index (χ1n) is 6.63. The van der Waals surface area contributed by atoms with E-state index in [0.717, 1.165) is 11.3 Å². The molecular formula is C14H15N7O. The minimum atomic E-state index is -0.479. The van der Waals surface area contributed by atoms with Crippen LogP contribution in [-0.2, 0) is 0 Å². The number of aromatic nitrogens is 4. The van der Waals surface area contributed by atoms with Crippen LogP contribution in [0.4, 0.5) is 11.5 Å². The Balaban J connectivity index is 1.78. The van der Waals surface area contributed by atoms with Crippen LogP contribution in [0.5, 0.6) is 0 Å². The Morgan fingerprint density at radius 2 is 2.05 bits per heavy atom. The summed E-state index contributed by atoms with van der Waals surface area (Å²) < 4.78 is 0. The summed E-state index contributed by atoms with van der Waals surface area (Å²) in [5.41, 5.74) is 5.31. The van der Waals surface area contributed by atoms with Crippen molar-refractivity contribution in [1.82, 2.24) is 19.9 Å². The van der Waals surface area contributed by atoms with E-state index in [1.54, 1.807) is 6.21 Å². The SMILES string of the molecule is CN(C)c1ccc(/C=N/Nc2[nH]c(=O)nc3nc[nH]c23)cc1. The summed E-state index contributed by atoms with van der Waals surface area (Å²) in [5, 5.41) is 4.12. The number of benzene rings is 1. The third kappa shape index (κ3) is 2.80. The van der Waals surface area contributed by atoms with Crippen LogP contribution in [0.25, 0.3) is 11.2 Å². The van der Waals surface area contributed by atoms with Gasteiger partial charge in [0.1, 0.15) is 5.52 Å². The molecule has 0 amide bonds. The normalized spacial score (nSPS) is 11.2. The fourth-order valence-corrected chi connectivity index (χ4v) is 1.96. The summed E-state index contributed by atoms with van der Waals surface area (Å²) in [5.74, 6) is 0.425. The summed E-state index contributed by atoms with van der Waals surface area (Å²) >= 11 is 0. The molecule has 2 aromatic heterocycles. The number of H-pyrrole nitrogens is 2. The highest BCUT2D eigenvalue weighted by atomic mass is 16.1. The molecule has 112 valence electrons. The predicted molar refractivity (Wildman–Crippen MR) is 86.5 cm³/mol. The molecule has 0 aliphatic rings. The van der Waals surface area contributed by atoms with Crippen LogP contribution < -0.4 is 16.0 Å². The molecule has 0 radical (unpaired) electrons. The predicted octanol–water partition coefficient (Wildman–Crippen LogP) is 1.16.